The molecule has 0 saturated carbocycles. The molecule has 5 heteroatoms. The van der Waals surface area contributed by atoms with E-state index in [1.807, 2.05) is 43.3 Å². The van der Waals surface area contributed by atoms with E-state index in [4.69, 9.17) is 4.74 Å². The minimum absolute atomic E-state index is 0.199. The van der Waals surface area contributed by atoms with E-state index in [1.165, 1.54) is 11.9 Å². The molecule has 0 bridgehead atoms. The molecule has 0 aromatic heterocycles. The molecule has 0 spiro atoms. The van der Waals surface area contributed by atoms with Crippen molar-refractivity contribution in [2.24, 2.45) is 0 Å². The van der Waals surface area contributed by atoms with Crippen molar-refractivity contribution in [3.63, 3.8) is 0 Å². The van der Waals surface area contributed by atoms with Gasteiger partial charge in [-0.3, -0.25) is 10.2 Å². The molecular weight excluding hydrogens is 272 g/mol. The fourth-order valence-corrected chi connectivity index (χ4v) is 2.14. The molecule has 2 rings (SSSR count). The van der Waals surface area contributed by atoms with Crippen molar-refractivity contribution >= 4 is 17.9 Å². The van der Waals surface area contributed by atoms with Crippen molar-refractivity contribution in [2.45, 2.75) is 11.8 Å². The first-order chi connectivity index (χ1) is 9.79. The minimum atomic E-state index is -0.199. The topological polar surface area (TPSA) is 50.4 Å². The van der Waals surface area contributed by atoms with Crippen LogP contribution in [0.25, 0.3) is 0 Å². The zero-order valence-electron chi connectivity index (χ0n) is 11.1. The van der Waals surface area contributed by atoms with Gasteiger partial charge in [-0.2, -0.15) is 4.83 Å². The smallest absolute Gasteiger partial charge is 0.266 e. The lowest BCUT2D eigenvalue weighted by Gasteiger charge is -2.08. The number of carbonyl (C=O) groups is 1. The molecule has 1 amide bonds. The van der Waals surface area contributed by atoms with E-state index in [9.17, 15) is 4.79 Å². The van der Waals surface area contributed by atoms with Gasteiger partial charge in [-0.1, -0.05) is 24.3 Å². The average molecular weight is 288 g/mol. The van der Waals surface area contributed by atoms with E-state index in [2.05, 4.69) is 10.3 Å². The molecule has 2 aromatic carbocycles. The molecule has 0 saturated heterocycles. The number of nitrogens with one attached hydrogen (secondary N) is 2. The second-order valence-corrected chi connectivity index (χ2v) is 4.81. The Morgan fingerprint density at radius 1 is 1.15 bits per heavy atom. The summed E-state index contributed by atoms with van der Waals surface area (Å²) in [5.41, 5.74) is 3.19. The molecule has 4 nitrogen and oxygen atoms in total. The van der Waals surface area contributed by atoms with Gasteiger partial charge >= 0.3 is 0 Å². The first kappa shape index (κ1) is 14.4. The van der Waals surface area contributed by atoms with Crippen LogP contribution in [0.2, 0.25) is 0 Å². The lowest BCUT2D eigenvalue weighted by molar-refractivity contribution is 0.0946. The highest BCUT2D eigenvalue weighted by molar-refractivity contribution is 7.97. The van der Waals surface area contributed by atoms with Crippen LogP contribution in [0.5, 0.6) is 5.75 Å². The molecule has 2 aromatic rings. The van der Waals surface area contributed by atoms with Crippen LogP contribution < -0.4 is 15.0 Å². The van der Waals surface area contributed by atoms with Crippen molar-refractivity contribution in [3.8, 4) is 5.75 Å². The quantitative estimate of drug-likeness (QED) is 0.633. The lowest BCUT2D eigenvalue weighted by Crippen LogP contribution is -2.32. The highest BCUT2D eigenvalue weighted by atomic mass is 32.2. The zero-order chi connectivity index (χ0) is 14.2. The molecule has 20 heavy (non-hydrogen) atoms. The number of amides is 1. The second kappa shape index (κ2) is 7.57. The number of rotatable bonds is 6. The summed E-state index contributed by atoms with van der Waals surface area (Å²) in [6, 6.07) is 16.8. The van der Waals surface area contributed by atoms with E-state index in [0.29, 0.717) is 17.9 Å². The number of hydrogen-bond donors (Lipinski definition) is 2. The molecule has 0 atom stereocenters. The third-order valence-corrected chi connectivity index (χ3v) is 3.20. The summed E-state index contributed by atoms with van der Waals surface area (Å²) >= 11 is 1.34. The van der Waals surface area contributed by atoms with E-state index >= 15 is 0 Å². The fourth-order valence-electron chi connectivity index (χ4n) is 1.59. The number of hydrogen-bond acceptors (Lipinski definition) is 4. The predicted molar refractivity (Wildman–Crippen MR) is 80.5 cm³/mol. The van der Waals surface area contributed by atoms with Gasteiger partial charge in [0.05, 0.1) is 6.61 Å². The molecule has 2 N–H and O–H groups in total. The van der Waals surface area contributed by atoms with Gasteiger partial charge in [-0.15, -0.1) is 0 Å². The Labute approximate surface area is 122 Å². The van der Waals surface area contributed by atoms with Crippen molar-refractivity contribution in [1.29, 1.82) is 0 Å². The Bertz CT molecular complexity index is 561. The van der Waals surface area contributed by atoms with Crippen molar-refractivity contribution in [1.82, 2.24) is 10.3 Å². The molecule has 0 unspecified atom stereocenters. The normalized spacial score (nSPS) is 10.1. The maximum absolute atomic E-state index is 11.9. The molecular formula is C15H16N2O2S. The summed E-state index contributed by atoms with van der Waals surface area (Å²) in [7, 11) is 0. The Hall–Kier alpha value is -1.98. The molecule has 104 valence electrons. The van der Waals surface area contributed by atoms with Crippen molar-refractivity contribution < 1.29 is 9.53 Å². The summed E-state index contributed by atoms with van der Waals surface area (Å²) in [5, 5.41) is 0. The maximum atomic E-state index is 11.9. The maximum Gasteiger partial charge on any atom is 0.266 e. The van der Waals surface area contributed by atoms with Crippen molar-refractivity contribution in [2.75, 3.05) is 6.61 Å². The number of hydrazine groups is 1. The van der Waals surface area contributed by atoms with Gasteiger partial charge in [0.15, 0.2) is 0 Å². The molecule has 0 aliphatic heterocycles. The van der Waals surface area contributed by atoms with Gasteiger partial charge < -0.3 is 4.74 Å². The average Bonchev–Trinajstić information content (AvgIpc) is 2.49. The molecule has 0 heterocycles. The Morgan fingerprint density at radius 3 is 2.70 bits per heavy atom. The van der Waals surface area contributed by atoms with Gasteiger partial charge in [0.1, 0.15) is 5.75 Å². The van der Waals surface area contributed by atoms with Crippen LogP contribution in [0.1, 0.15) is 17.3 Å². The number of benzene rings is 2. The van der Waals surface area contributed by atoms with Gasteiger partial charge in [-0.25, -0.2) is 0 Å². The molecule has 0 radical (unpaired) electrons. The summed E-state index contributed by atoms with van der Waals surface area (Å²) in [6.07, 6.45) is 0. The first-order valence-electron chi connectivity index (χ1n) is 6.29. The van der Waals surface area contributed by atoms with Crippen LogP contribution in [0.15, 0.2) is 59.5 Å². The molecule has 0 fully saturated rings. The highest BCUT2D eigenvalue weighted by Crippen LogP contribution is 2.14. The number of ether oxygens (including phenoxy) is 1. The summed E-state index contributed by atoms with van der Waals surface area (Å²) < 4.78 is 5.36. The van der Waals surface area contributed by atoms with Crippen LogP contribution in [0.3, 0.4) is 0 Å². The summed E-state index contributed by atoms with van der Waals surface area (Å²) in [5.74, 6) is 0.492. The Kier molecular flexibility index (Phi) is 5.46. The van der Waals surface area contributed by atoms with Gasteiger partial charge in [0.2, 0.25) is 0 Å². The van der Waals surface area contributed by atoms with E-state index in [0.717, 1.165) is 4.90 Å². The van der Waals surface area contributed by atoms with Gasteiger partial charge in [-0.05, 0) is 49.2 Å². The van der Waals surface area contributed by atoms with Crippen LogP contribution in [0.4, 0.5) is 0 Å². The van der Waals surface area contributed by atoms with Crippen LogP contribution >= 0.6 is 11.9 Å². The van der Waals surface area contributed by atoms with Gasteiger partial charge in [0.25, 0.3) is 5.91 Å². The second-order valence-electron chi connectivity index (χ2n) is 3.93. The fraction of sp³-hybridized carbons (Fsp3) is 0.133. The third kappa shape index (κ3) is 4.29. The highest BCUT2D eigenvalue weighted by Gasteiger charge is 2.06. The third-order valence-electron chi connectivity index (χ3n) is 2.48. The first-order valence-corrected chi connectivity index (χ1v) is 7.11. The Balaban J connectivity index is 1.87. The van der Waals surface area contributed by atoms with Crippen LogP contribution in [-0.4, -0.2) is 12.5 Å². The standard InChI is InChI=1S/C15H16N2O2S/c1-2-19-13-8-6-7-12(11-13)15(18)16-17-20-14-9-4-3-5-10-14/h3-11,17H,2H2,1H3,(H,16,18). The Morgan fingerprint density at radius 2 is 1.95 bits per heavy atom. The minimum Gasteiger partial charge on any atom is -0.494 e. The number of carbonyl (C=O) groups excluding carboxylic acids is 1. The monoisotopic (exact) mass is 288 g/mol. The van der Waals surface area contributed by atoms with Gasteiger partial charge in [0, 0.05) is 10.5 Å². The van der Waals surface area contributed by atoms with Crippen molar-refractivity contribution in [3.05, 3.63) is 60.2 Å². The zero-order valence-corrected chi connectivity index (χ0v) is 11.9. The van der Waals surface area contributed by atoms with E-state index < -0.39 is 0 Å². The largest absolute Gasteiger partial charge is 0.494 e. The molecule has 0 aliphatic rings. The van der Waals surface area contributed by atoms with Crippen LogP contribution in [0, 0.1) is 0 Å². The lowest BCUT2D eigenvalue weighted by atomic mass is 10.2. The van der Waals surface area contributed by atoms with E-state index in [1.54, 1.807) is 18.2 Å². The summed E-state index contributed by atoms with van der Waals surface area (Å²) in [4.78, 5) is 15.8. The van der Waals surface area contributed by atoms with E-state index in [-0.39, 0.29) is 5.91 Å². The molecule has 0 aliphatic carbocycles. The SMILES string of the molecule is CCOc1cccc(C(=O)NNSc2ccccc2)c1. The van der Waals surface area contributed by atoms with Crippen LogP contribution in [-0.2, 0) is 0 Å². The summed E-state index contributed by atoms with van der Waals surface area (Å²) in [6.45, 7) is 2.48. The predicted octanol–water partition coefficient (Wildman–Crippen LogP) is 3.03.